The first-order chi connectivity index (χ1) is 8.42. The fourth-order valence-corrected chi connectivity index (χ4v) is 1.17. The van der Waals surface area contributed by atoms with Crippen molar-refractivity contribution in [3.05, 3.63) is 0 Å². The minimum Gasteiger partial charge on any atom is -0.467 e. The molecule has 0 fully saturated rings. The topological polar surface area (TPSA) is 163 Å². The van der Waals surface area contributed by atoms with Gasteiger partial charge in [0, 0.05) is 0 Å². The van der Waals surface area contributed by atoms with Gasteiger partial charge in [-0.3, -0.25) is 9.59 Å². The van der Waals surface area contributed by atoms with E-state index < -0.39 is 11.8 Å². The van der Waals surface area contributed by atoms with Crippen LogP contribution in [0.4, 0.5) is 11.9 Å². The van der Waals surface area contributed by atoms with Crippen LogP contribution in [0.5, 0.6) is 6.01 Å². The van der Waals surface area contributed by atoms with Crippen LogP contribution < -0.4 is 26.8 Å². The first-order valence-electron chi connectivity index (χ1n) is 4.79. The number of primary amides is 2. The van der Waals surface area contributed by atoms with Gasteiger partial charge in [-0.05, 0) is 0 Å². The largest absolute Gasteiger partial charge is 0.467 e. The third kappa shape index (κ3) is 3.73. The standard InChI is InChI=1S/C8H13N7O3/c1-18-8-13-6(11)12-7(14-8)15(2-4(9)16)3-5(10)17/h2-3H2,1H3,(H2,9,16)(H2,10,17)(H2,11,12,13,14). The van der Waals surface area contributed by atoms with Crippen molar-refractivity contribution >= 4 is 23.7 Å². The van der Waals surface area contributed by atoms with E-state index in [2.05, 4.69) is 15.0 Å². The Morgan fingerprint density at radius 2 is 1.72 bits per heavy atom. The molecule has 98 valence electrons. The number of nitrogens with two attached hydrogens (primary N) is 3. The summed E-state index contributed by atoms with van der Waals surface area (Å²) in [7, 11) is 1.34. The zero-order chi connectivity index (χ0) is 13.7. The molecule has 1 aromatic rings. The normalized spacial score (nSPS) is 9.83. The third-order valence-corrected chi connectivity index (χ3v) is 1.78. The molecule has 2 amide bonds. The number of hydrogen-bond donors (Lipinski definition) is 3. The first kappa shape index (κ1) is 13.4. The molecule has 0 atom stereocenters. The second-order valence-corrected chi connectivity index (χ2v) is 3.27. The van der Waals surface area contributed by atoms with E-state index in [9.17, 15) is 9.59 Å². The van der Waals surface area contributed by atoms with Gasteiger partial charge in [0.15, 0.2) is 0 Å². The summed E-state index contributed by atoms with van der Waals surface area (Å²) in [6, 6.07) is -0.0450. The van der Waals surface area contributed by atoms with Gasteiger partial charge >= 0.3 is 6.01 Å². The highest BCUT2D eigenvalue weighted by Gasteiger charge is 2.17. The van der Waals surface area contributed by atoms with Gasteiger partial charge < -0.3 is 26.8 Å². The molecule has 0 aromatic carbocycles. The number of rotatable bonds is 6. The Kier molecular flexibility index (Phi) is 4.18. The Morgan fingerprint density at radius 3 is 2.17 bits per heavy atom. The lowest BCUT2D eigenvalue weighted by atomic mass is 10.4. The van der Waals surface area contributed by atoms with Crippen molar-refractivity contribution < 1.29 is 14.3 Å². The van der Waals surface area contributed by atoms with Gasteiger partial charge in [-0.1, -0.05) is 0 Å². The van der Waals surface area contributed by atoms with E-state index in [-0.39, 0.29) is 31.0 Å². The summed E-state index contributed by atoms with van der Waals surface area (Å²) < 4.78 is 4.79. The van der Waals surface area contributed by atoms with Crippen molar-refractivity contribution in [2.45, 2.75) is 0 Å². The number of hydrogen-bond acceptors (Lipinski definition) is 8. The molecule has 1 rings (SSSR count). The second-order valence-electron chi connectivity index (χ2n) is 3.27. The minimum atomic E-state index is -0.672. The average molecular weight is 255 g/mol. The number of methoxy groups -OCH3 is 1. The van der Waals surface area contributed by atoms with E-state index in [1.54, 1.807) is 0 Å². The van der Waals surface area contributed by atoms with Crippen molar-refractivity contribution in [3.8, 4) is 6.01 Å². The lowest BCUT2D eigenvalue weighted by Gasteiger charge is -2.19. The predicted octanol–water partition coefficient (Wildman–Crippen LogP) is -2.76. The molecular weight excluding hydrogens is 242 g/mol. The summed E-state index contributed by atoms with van der Waals surface area (Å²) >= 11 is 0. The average Bonchev–Trinajstić information content (AvgIpc) is 2.26. The summed E-state index contributed by atoms with van der Waals surface area (Å²) in [5.41, 5.74) is 15.5. The molecule has 0 aliphatic carbocycles. The fourth-order valence-electron chi connectivity index (χ4n) is 1.17. The Hall–Kier alpha value is -2.65. The first-order valence-corrected chi connectivity index (χ1v) is 4.79. The summed E-state index contributed by atoms with van der Waals surface area (Å²) in [5.74, 6) is -1.48. The summed E-state index contributed by atoms with van der Waals surface area (Å²) in [4.78, 5) is 34.3. The molecule has 18 heavy (non-hydrogen) atoms. The monoisotopic (exact) mass is 255 g/mol. The van der Waals surface area contributed by atoms with Crippen LogP contribution in [0, 0.1) is 0 Å². The Bertz CT molecular complexity index is 448. The number of ether oxygens (including phenoxy) is 1. The SMILES string of the molecule is COc1nc(N)nc(N(CC(N)=O)CC(N)=O)n1. The fraction of sp³-hybridized carbons (Fsp3) is 0.375. The van der Waals surface area contributed by atoms with Crippen LogP contribution in [0.1, 0.15) is 0 Å². The number of nitrogen functional groups attached to an aromatic ring is 1. The Balaban J connectivity index is 3.06. The molecular formula is C8H13N7O3. The molecule has 1 heterocycles. The molecule has 0 saturated heterocycles. The number of nitrogens with zero attached hydrogens (tertiary/aromatic N) is 4. The number of aromatic nitrogens is 3. The van der Waals surface area contributed by atoms with Gasteiger partial charge in [0.2, 0.25) is 23.7 Å². The summed E-state index contributed by atoms with van der Waals surface area (Å²) in [6.45, 7) is -0.564. The van der Waals surface area contributed by atoms with E-state index in [1.165, 1.54) is 12.0 Å². The van der Waals surface area contributed by atoms with Gasteiger partial charge in [0.05, 0.1) is 7.11 Å². The summed E-state index contributed by atoms with van der Waals surface area (Å²) in [6.07, 6.45) is 0. The van der Waals surface area contributed by atoms with Crippen LogP contribution in [-0.2, 0) is 9.59 Å². The zero-order valence-corrected chi connectivity index (χ0v) is 9.66. The van der Waals surface area contributed by atoms with Crippen molar-refractivity contribution in [1.29, 1.82) is 0 Å². The Morgan fingerprint density at radius 1 is 1.17 bits per heavy atom. The molecule has 0 saturated carbocycles. The molecule has 1 aromatic heterocycles. The number of anilines is 2. The molecule has 0 aliphatic heterocycles. The molecule has 0 aliphatic rings. The van der Waals surface area contributed by atoms with Crippen molar-refractivity contribution in [1.82, 2.24) is 15.0 Å². The lowest BCUT2D eigenvalue weighted by Crippen LogP contribution is -2.40. The summed E-state index contributed by atoms with van der Waals surface area (Å²) in [5, 5.41) is 0. The second kappa shape index (κ2) is 5.61. The predicted molar refractivity (Wildman–Crippen MR) is 61.4 cm³/mol. The Labute approximate surface area is 102 Å². The van der Waals surface area contributed by atoms with Crippen molar-refractivity contribution in [2.75, 3.05) is 30.8 Å². The van der Waals surface area contributed by atoms with Crippen molar-refractivity contribution in [2.24, 2.45) is 11.5 Å². The maximum atomic E-state index is 10.9. The maximum Gasteiger partial charge on any atom is 0.322 e. The van der Waals surface area contributed by atoms with Crippen LogP contribution in [0.3, 0.4) is 0 Å². The van der Waals surface area contributed by atoms with Gasteiger partial charge in [0.25, 0.3) is 0 Å². The highest BCUT2D eigenvalue weighted by atomic mass is 16.5. The molecule has 0 unspecified atom stereocenters. The van der Waals surface area contributed by atoms with E-state index in [1.807, 2.05) is 0 Å². The highest BCUT2D eigenvalue weighted by molar-refractivity contribution is 5.83. The van der Waals surface area contributed by atoms with Gasteiger partial charge in [-0.15, -0.1) is 0 Å². The molecule has 0 spiro atoms. The van der Waals surface area contributed by atoms with E-state index in [0.29, 0.717) is 0 Å². The molecule has 0 radical (unpaired) electrons. The molecule has 6 N–H and O–H groups in total. The van der Waals surface area contributed by atoms with Crippen LogP contribution >= 0.6 is 0 Å². The van der Waals surface area contributed by atoms with Crippen LogP contribution in [0.2, 0.25) is 0 Å². The van der Waals surface area contributed by atoms with Crippen LogP contribution in [0.25, 0.3) is 0 Å². The lowest BCUT2D eigenvalue weighted by molar-refractivity contribution is -0.117. The highest BCUT2D eigenvalue weighted by Crippen LogP contribution is 2.12. The quantitative estimate of drug-likeness (QED) is 0.492. The van der Waals surface area contributed by atoms with Crippen molar-refractivity contribution in [3.63, 3.8) is 0 Å². The van der Waals surface area contributed by atoms with Crippen LogP contribution in [0.15, 0.2) is 0 Å². The maximum absolute atomic E-state index is 10.9. The van der Waals surface area contributed by atoms with Gasteiger partial charge in [0.1, 0.15) is 13.1 Å². The van der Waals surface area contributed by atoms with Gasteiger partial charge in [-0.2, -0.15) is 15.0 Å². The minimum absolute atomic E-state index is 0.0167. The number of carbonyl (C=O) groups is 2. The number of amides is 2. The van der Waals surface area contributed by atoms with E-state index >= 15 is 0 Å². The number of carbonyl (C=O) groups excluding carboxylic acids is 2. The third-order valence-electron chi connectivity index (χ3n) is 1.78. The molecule has 10 nitrogen and oxygen atoms in total. The van der Waals surface area contributed by atoms with Crippen LogP contribution in [-0.4, -0.2) is 47.0 Å². The molecule has 0 bridgehead atoms. The van der Waals surface area contributed by atoms with E-state index in [4.69, 9.17) is 21.9 Å². The zero-order valence-electron chi connectivity index (χ0n) is 9.66. The van der Waals surface area contributed by atoms with E-state index in [0.717, 1.165) is 0 Å². The molecule has 10 heteroatoms. The smallest absolute Gasteiger partial charge is 0.322 e. The van der Waals surface area contributed by atoms with Gasteiger partial charge in [-0.25, -0.2) is 0 Å².